The molecule has 0 aliphatic rings. The van der Waals surface area contributed by atoms with Gasteiger partial charge in [-0.3, -0.25) is 0 Å². The molecule has 0 atom stereocenters. The molecule has 0 fully saturated rings. The van der Waals surface area contributed by atoms with Gasteiger partial charge >= 0.3 is 37.7 Å². The zero-order valence-electron chi connectivity index (χ0n) is 8.46. The van der Waals surface area contributed by atoms with Crippen LogP contribution >= 0.6 is 12.6 Å². The van der Waals surface area contributed by atoms with Gasteiger partial charge in [-0.2, -0.15) is 0 Å². The van der Waals surface area contributed by atoms with E-state index < -0.39 is 0 Å². The summed E-state index contributed by atoms with van der Waals surface area (Å²) in [6, 6.07) is 8.04. The summed E-state index contributed by atoms with van der Waals surface area (Å²) in [5, 5.41) is 0. The molecule has 0 saturated carbocycles. The Hall–Kier alpha value is 0.570. The minimum absolute atomic E-state index is 0. The Balaban J connectivity index is -0.000000333. The summed E-state index contributed by atoms with van der Waals surface area (Å²) in [6.45, 7) is 3.66. The summed E-state index contributed by atoms with van der Waals surface area (Å²) in [6.07, 6.45) is 2.79. The molecule has 0 amide bonds. The standard InChI is InChI=1S/C9H10S.Ca.2H/c1-2-5-8-6-3-4-7-9(8)10;;;/h2-4,6-7,10H,1,5H2;;;/q;+2;2*-1. The fourth-order valence-corrected chi connectivity index (χ4v) is 1.09. The molecule has 1 aromatic rings. The van der Waals surface area contributed by atoms with Crippen molar-refractivity contribution in [1.29, 1.82) is 0 Å². The quantitative estimate of drug-likeness (QED) is 0.415. The predicted octanol–water partition coefficient (Wildman–Crippen LogP) is 2.55. The van der Waals surface area contributed by atoms with Crippen molar-refractivity contribution in [3.05, 3.63) is 42.5 Å². The molecule has 0 unspecified atom stereocenters. The number of hydrogen-bond acceptors (Lipinski definition) is 1. The molecule has 0 N–H and O–H groups in total. The second-order valence-electron chi connectivity index (χ2n) is 2.12. The van der Waals surface area contributed by atoms with Crippen LogP contribution in [0.5, 0.6) is 0 Å². The van der Waals surface area contributed by atoms with Crippen LogP contribution in [0.1, 0.15) is 8.42 Å². The number of allylic oxidation sites excluding steroid dienone is 1. The maximum absolute atomic E-state index is 4.28. The van der Waals surface area contributed by atoms with Crippen LogP contribution in [0.2, 0.25) is 0 Å². The van der Waals surface area contributed by atoms with Gasteiger partial charge in [0.1, 0.15) is 0 Å². The average Bonchev–Trinajstić information content (AvgIpc) is 1.94. The first kappa shape index (κ1) is 11.6. The van der Waals surface area contributed by atoms with E-state index in [0.717, 1.165) is 11.3 Å². The molecule has 2 heteroatoms. The van der Waals surface area contributed by atoms with E-state index in [1.54, 1.807) is 0 Å². The van der Waals surface area contributed by atoms with Crippen LogP contribution in [0.15, 0.2) is 41.8 Å². The van der Waals surface area contributed by atoms with Crippen molar-refractivity contribution in [1.82, 2.24) is 0 Å². The zero-order valence-corrected chi connectivity index (χ0v) is 9.56. The molecular weight excluding hydrogens is 180 g/mol. The molecule has 0 bridgehead atoms. The number of benzene rings is 1. The van der Waals surface area contributed by atoms with E-state index in [1.807, 2.05) is 24.3 Å². The molecule has 0 heterocycles. The van der Waals surface area contributed by atoms with Gasteiger partial charge in [0, 0.05) is 4.90 Å². The van der Waals surface area contributed by atoms with Crippen molar-refractivity contribution in [3.8, 4) is 0 Å². The van der Waals surface area contributed by atoms with E-state index in [-0.39, 0.29) is 40.6 Å². The molecule has 0 aliphatic heterocycles. The second-order valence-corrected chi connectivity index (χ2v) is 2.60. The maximum atomic E-state index is 4.28. The van der Waals surface area contributed by atoms with Gasteiger partial charge in [-0.25, -0.2) is 0 Å². The molecule has 0 radical (unpaired) electrons. The van der Waals surface area contributed by atoms with E-state index in [9.17, 15) is 0 Å². The van der Waals surface area contributed by atoms with Crippen molar-refractivity contribution < 1.29 is 2.85 Å². The Morgan fingerprint density at radius 2 is 2.09 bits per heavy atom. The molecule has 0 nitrogen and oxygen atoms in total. The Labute approximate surface area is 106 Å². The van der Waals surface area contributed by atoms with E-state index in [4.69, 9.17) is 0 Å². The Morgan fingerprint density at radius 1 is 1.45 bits per heavy atom. The first-order valence-corrected chi connectivity index (χ1v) is 3.67. The van der Waals surface area contributed by atoms with Crippen LogP contribution in [-0.2, 0) is 6.42 Å². The van der Waals surface area contributed by atoms with Crippen LogP contribution in [-0.4, -0.2) is 37.7 Å². The Morgan fingerprint density at radius 3 is 2.64 bits per heavy atom. The van der Waals surface area contributed by atoms with Gasteiger partial charge in [0.15, 0.2) is 0 Å². The Kier molecular flexibility index (Phi) is 6.44. The van der Waals surface area contributed by atoms with Gasteiger partial charge in [-0.15, -0.1) is 19.2 Å². The van der Waals surface area contributed by atoms with Crippen LogP contribution in [0.3, 0.4) is 0 Å². The summed E-state index contributed by atoms with van der Waals surface area (Å²) in [5.74, 6) is 0. The first-order chi connectivity index (χ1) is 4.84. The van der Waals surface area contributed by atoms with Gasteiger partial charge in [-0.1, -0.05) is 24.3 Å². The summed E-state index contributed by atoms with van der Waals surface area (Å²) >= 11 is 4.28. The Bertz CT molecular complexity index is 241. The summed E-state index contributed by atoms with van der Waals surface area (Å²) in [5.41, 5.74) is 1.24. The largest absolute Gasteiger partial charge is 2.00 e. The third kappa shape index (κ3) is 3.66. The number of rotatable bonds is 2. The number of thiol groups is 1. The van der Waals surface area contributed by atoms with Crippen molar-refractivity contribution >= 4 is 50.4 Å². The molecule has 0 aromatic heterocycles. The van der Waals surface area contributed by atoms with Gasteiger partial charge in [0.2, 0.25) is 0 Å². The van der Waals surface area contributed by atoms with Crippen LogP contribution in [0.25, 0.3) is 0 Å². The van der Waals surface area contributed by atoms with E-state index >= 15 is 0 Å². The molecule has 0 aliphatic carbocycles. The van der Waals surface area contributed by atoms with Crippen molar-refractivity contribution in [3.63, 3.8) is 0 Å². The molecule has 56 valence electrons. The second kappa shape index (κ2) is 6.13. The summed E-state index contributed by atoms with van der Waals surface area (Å²) in [7, 11) is 0. The molecule has 1 aromatic carbocycles. The molecular formula is C9H12CaS. The third-order valence-electron chi connectivity index (χ3n) is 1.36. The van der Waals surface area contributed by atoms with Crippen molar-refractivity contribution in [2.24, 2.45) is 0 Å². The van der Waals surface area contributed by atoms with Gasteiger partial charge < -0.3 is 2.85 Å². The van der Waals surface area contributed by atoms with E-state index in [1.165, 1.54) is 5.56 Å². The number of hydrogen-bond donors (Lipinski definition) is 1. The van der Waals surface area contributed by atoms with Gasteiger partial charge in [0.05, 0.1) is 0 Å². The fraction of sp³-hybridized carbons (Fsp3) is 0.111. The van der Waals surface area contributed by atoms with Gasteiger partial charge in [0.25, 0.3) is 0 Å². The minimum atomic E-state index is 0. The zero-order chi connectivity index (χ0) is 7.40. The SMILES string of the molecule is C=CCc1ccccc1S.[Ca+2].[H-].[H-]. The fourth-order valence-electron chi connectivity index (χ4n) is 0.839. The predicted molar refractivity (Wildman–Crippen MR) is 55.6 cm³/mol. The van der Waals surface area contributed by atoms with Crippen molar-refractivity contribution in [2.45, 2.75) is 11.3 Å². The minimum Gasteiger partial charge on any atom is -1.00 e. The smallest absolute Gasteiger partial charge is 1.00 e. The molecule has 11 heavy (non-hydrogen) atoms. The maximum Gasteiger partial charge on any atom is 2.00 e. The van der Waals surface area contributed by atoms with E-state index in [0.29, 0.717) is 0 Å². The van der Waals surface area contributed by atoms with Crippen molar-refractivity contribution in [2.75, 3.05) is 0 Å². The monoisotopic (exact) mass is 192 g/mol. The molecule has 1 rings (SSSR count). The first-order valence-electron chi connectivity index (χ1n) is 3.22. The summed E-state index contributed by atoms with van der Waals surface area (Å²) in [4.78, 5) is 1.04. The van der Waals surface area contributed by atoms with Crippen LogP contribution < -0.4 is 0 Å². The van der Waals surface area contributed by atoms with E-state index in [2.05, 4.69) is 25.3 Å². The molecule has 0 spiro atoms. The normalized spacial score (nSPS) is 8.45. The van der Waals surface area contributed by atoms with Crippen LogP contribution in [0.4, 0.5) is 0 Å². The third-order valence-corrected chi connectivity index (χ3v) is 1.79. The molecule has 0 saturated heterocycles. The van der Waals surface area contributed by atoms with Crippen LogP contribution in [0, 0.1) is 0 Å². The average molecular weight is 192 g/mol. The topological polar surface area (TPSA) is 0 Å². The summed E-state index contributed by atoms with van der Waals surface area (Å²) < 4.78 is 0. The van der Waals surface area contributed by atoms with Gasteiger partial charge in [-0.05, 0) is 18.1 Å².